The fraction of sp³-hybridized carbons (Fsp3) is 0.714. The molecule has 0 aliphatic heterocycles. The Morgan fingerprint density at radius 1 is 0.867 bits per heavy atom. The second-order valence-electron chi connectivity index (χ2n) is 9.93. The van der Waals surface area contributed by atoms with E-state index >= 15 is 0 Å². The molecule has 2 fully saturated rings. The molecule has 2 aliphatic carbocycles. The van der Waals surface area contributed by atoms with Gasteiger partial charge in [0.1, 0.15) is 12.1 Å². The van der Waals surface area contributed by atoms with Crippen LogP contribution in [0.1, 0.15) is 126 Å². The second kappa shape index (κ2) is 11.0. The summed E-state index contributed by atoms with van der Waals surface area (Å²) in [5.41, 5.74) is 3.76. The fourth-order valence-corrected chi connectivity index (χ4v) is 6.55. The van der Waals surface area contributed by atoms with Crippen LogP contribution >= 0.6 is 0 Å². The van der Waals surface area contributed by atoms with E-state index in [0.29, 0.717) is 17.0 Å². The maximum Gasteiger partial charge on any atom is 0.101 e. The largest absolute Gasteiger partial charge is 0.192 e. The van der Waals surface area contributed by atoms with Crippen molar-refractivity contribution in [3.8, 4) is 12.1 Å². The highest BCUT2D eigenvalue weighted by Gasteiger charge is 2.44. The van der Waals surface area contributed by atoms with Crippen molar-refractivity contribution in [1.82, 2.24) is 0 Å². The number of aryl methyl sites for hydroxylation is 1. The minimum absolute atomic E-state index is 0.119. The van der Waals surface area contributed by atoms with Gasteiger partial charge in [-0.2, -0.15) is 10.5 Å². The molecule has 2 nitrogen and oxygen atoms in total. The number of nitriles is 2. The number of hydrogen-bond donors (Lipinski definition) is 0. The molecule has 0 atom stereocenters. The molecule has 1 aromatic carbocycles. The summed E-state index contributed by atoms with van der Waals surface area (Å²) >= 11 is 0. The van der Waals surface area contributed by atoms with E-state index in [1.807, 2.05) is 0 Å². The minimum Gasteiger partial charge on any atom is -0.192 e. The Bertz CT molecular complexity index is 765. The van der Waals surface area contributed by atoms with Gasteiger partial charge in [-0.15, -0.1) is 0 Å². The molecule has 0 bridgehead atoms. The first-order valence-electron chi connectivity index (χ1n) is 12.7. The highest BCUT2D eigenvalue weighted by Crippen LogP contribution is 2.52. The predicted molar refractivity (Wildman–Crippen MR) is 124 cm³/mol. The van der Waals surface area contributed by atoms with Crippen LogP contribution in [0.3, 0.4) is 0 Å². The van der Waals surface area contributed by atoms with Crippen molar-refractivity contribution in [1.29, 1.82) is 10.5 Å². The molecule has 162 valence electrons. The smallest absolute Gasteiger partial charge is 0.101 e. The van der Waals surface area contributed by atoms with E-state index in [1.165, 1.54) is 89.0 Å². The Labute approximate surface area is 184 Å². The van der Waals surface area contributed by atoms with Crippen molar-refractivity contribution < 1.29 is 0 Å². The Balaban J connectivity index is 1.90. The molecule has 0 N–H and O–H groups in total. The lowest BCUT2D eigenvalue weighted by molar-refractivity contribution is 0.124. The third-order valence-electron chi connectivity index (χ3n) is 8.16. The van der Waals surface area contributed by atoms with Gasteiger partial charge in [0.25, 0.3) is 0 Å². The van der Waals surface area contributed by atoms with Crippen molar-refractivity contribution in [2.45, 2.75) is 116 Å². The lowest BCUT2D eigenvalue weighted by Gasteiger charge is -2.47. The third kappa shape index (κ3) is 4.75. The summed E-state index contributed by atoms with van der Waals surface area (Å²) in [7, 11) is 0. The zero-order valence-electron chi connectivity index (χ0n) is 19.3. The molecule has 2 aliphatic rings. The zero-order valence-corrected chi connectivity index (χ0v) is 19.3. The first-order valence-corrected chi connectivity index (χ1v) is 12.7. The first kappa shape index (κ1) is 22.9. The maximum atomic E-state index is 10.1. The van der Waals surface area contributed by atoms with Crippen LogP contribution in [0.25, 0.3) is 0 Å². The summed E-state index contributed by atoms with van der Waals surface area (Å²) < 4.78 is 0. The Kier molecular flexibility index (Phi) is 8.39. The van der Waals surface area contributed by atoms with Crippen LogP contribution < -0.4 is 0 Å². The lowest BCUT2D eigenvalue weighted by Crippen LogP contribution is -2.40. The minimum atomic E-state index is 0.119. The molecule has 2 heteroatoms. The van der Waals surface area contributed by atoms with Gasteiger partial charge in [-0.3, -0.25) is 0 Å². The lowest BCUT2D eigenvalue weighted by atomic mass is 9.56. The zero-order chi connectivity index (χ0) is 21.4. The summed E-state index contributed by atoms with van der Waals surface area (Å²) in [6, 6.07) is 9.33. The normalized spacial score (nSPS) is 23.5. The van der Waals surface area contributed by atoms with Crippen LogP contribution in [-0.2, 0) is 11.8 Å². The Morgan fingerprint density at radius 2 is 1.57 bits per heavy atom. The average molecular weight is 405 g/mol. The molecule has 0 heterocycles. The number of hydrogen-bond acceptors (Lipinski definition) is 2. The average Bonchev–Trinajstić information content (AvgIpc) is 2.80. The fourth-order valence-electron chi connectivity index (χ4n) is 6.55. The van der Waals surface area contributed by atoms with Crippen molar-refractivity contribution in [2.24, 2.45) is 11.8 Å². The summed E-state index contributed by atoms with van der Waals surface area (Å²) in [6.45, 7) is 4.43. The van der Waals surface area contributed by atoms with Gasteiger partial charge in [0.15, 0.2) is 0 Å². The Hall–Kier alpha value is -1.80. The molecular weight excluding hydrogens is 364 g/mol. The molecule has 0 spiro atoms. The van der Waals surface area contributed by atoms with E-state index in [4.69, 9.17) is 0 Å². The molecule has 0 amide bonds. The summed E-state index contributed by atoms with van der Waals surface area (Å²) in [6.07, 6.45) is 18.9. The monoisotopic (exact) mass is 404 g/mol. The molecule has 0 aromatic heterocycles. The van der Waals surface area contributed by atoms with E-state index in [1.54, 1.807) is 0 Å². The van der Waals surface area contributed by atoms with Crippen LogP contribution in [0.4, 0.5) is 0 Å². The van der Waals surface area contributed by atoms with Crippen LogP contribution in [0, 0.1) is 34.5 Å². The summed E-state index contributed by atoms with van der Waals surface area (Å²) in [5.74, 6) is 1.58. The number of rotatable bonds is 8. The van der Waals surface area contributed by atoms with Gasteiger partial charge >= 0.3 is 0 Å². The van der Waals surface area contributed by atoms with Crippen molar-refractivity contribution in [3.63, 3.8) is 0 Å². The van der Waals surface area contributed by atoms with E-state index in [0.717, 1.165) is 24.3 Å². The van der Waals surface area contributed by atoms with Crippen molar-refractivity contribution >= 4 is 0 Å². The topological polar surface area (TPSA) is 47.6 Å². The van der Waals surface area contributed by atoms with Crippen molar-refractivity contribution in [3.05, 3.63) is 34.4 Å². The predicted octanol–water partition coefficient (Wildman–Crippen LogP) is 7.97. The Morgan fingerprint density at radius 3 is 2.17 bits per heavy atom. The molecular formula is C28H40N2. The van der Waals surface area contributed by atoms with E-state index < -0.39 is 0 Å². The number of unbranched alkanes of at least 4 members (excludes halogenated alkanes) is 2. The summed E-state index contributed by atoms with van der Waals surface area (Å²) in [5, 5.41) is 20.0. The van der Waals surface area contributed by atoms with E-state index in [-0.39, 0.29) is 5.41 Å². The molecule has 30 heavy (non-hydrogen) atoms. The SMILES string of the molecule is CCCCC[C@H]1CC[C@H](C2(c3ccc(CCC)c(C#N)c3C#N)CCCCC2)CC1. The van der Waals surface area contributed by atoms with Gasteiger partial charge in [0.2, 0.25) is 0 Å². The van der Waals surface area contributed by atoms with Crippen LogP contribution in [0.15, 0.2) is 12.1 Å². The highest BCUT2D eigenvalue weighted by atomic mass is 14.5. The van der Waals surface area contributed by atoms with E-state index in [2.05, 4.69) is 38.1 Å². The number of nitrogens with zero attached hydrogens (tertiary/aromatic N) is 2. The molecule has 1 aromatic rings. The van der Waals surface area contributed by atoms with Gasteiger partial charge in [-0.1, -0.05) is 90.2 Å². The molecule has 3 rings (SSSR count). The van der Waals surface area contributed by atoms with E-state index in [9.17, 15) is 10.5 Å². The van der Waals surface area contributed by atoms with Crippen LogP contribution in [0.2, 0.25) is 0 Å². The molecule has 2 saturated carbocycles. The standard InChI is InChI=1S/C28H40N2/c1-3-5-7-11-22-12-15-24(16-13-22)28(18-8-6-9-19-28)27-17-14-23(10-4-2)25(20-29)26(27)21-30/h14,17,22,24H,3-13,15-16,18-19H2,1-2H3/t22-,24-. The molecule has 0 saturated heterocycles. The third-order valence-corrected chi connectivity index (χ3v) is 8.16. The van der Waals surface area contributed by atoms with Gasteiger partial charge in [-0.25, -0.2) is 0 Å². The van der Waals surface area contributed by atoms with Gasteiger partial charge in [-0.05, 0) is 60.5 Å². The van der Waals surface area contributed by atoms with Gasteiger partial charge < -0.3 is 0 Å². The van der Waals surface area contributed by atoms with Crippen LogP contribution in [0.5, 0.6) is 0 Å². The highest BCUT2D eigenvalue weighted by molar-refractivity contribution is 5.57. The maximum absolute atomic E-state index is 10.1. The van der Waals surface area contributed by atoms with Crippen LogP contribution in [-0.4, -0.2) is 0 Å². The first-order chi connectivity index (χ1) is 14.7. The summed E-state index contributed by atoms with van der Waals surface area (Å²) in [4.78, 5) is 0. The molecule has 0 unspecified atom stereocenters. The number of benzene rings is 1. The van der Waals surface area contributed by atoms with Crippen molar-refractivity contribution in [2.75, 3.05) is 0 Å². The van der Waals surface area contributed by atoms with Gasteiger partial charge in [0, 0.05) is 0 Å². The second-order valence-corrected chi connectivity index (χ2v) is 9.93. The van der Waals surface area contributed by atoms with Gasteiger partial charge in [0.05, 0.1) is 11.1 Å². The quantitative estimate of drug-likeness (QED) is 0.412. The molecule has 0 radical (unpaired) electrons.